The summed E-state index contributed by atoms with van der Waals surface area (Å²) in [6.07, 6.45) is 6.36. The van der Waals surface area contributed by atoms with E-state index in [1.54, 1.807) is 42.5 Å². The van der Waals surface area contributed by atoms with Crippen LogP contribution in [0.4, 0.5) is 22.7 Å². The minimum atomic E-state index is -4.61. The van der Waals surface area contributed by atoms with Gasteiger partial charge in [0, 0.05) is 41.8 Å². The zero-order valence-electron chi connectivity index (χ0n) is 35.4. The monoisotopic (exact) mass is 890 g/mol. The average Bonchev–Trinajstić information content (AvgIpc) is 3.25. The van der Waals surface area contributed by atoms with Crippen molar-refractivity contribution in [3.8, 4) is 0 Å². The molecule has 5 aromatic rings. The number of benzene rings is 5. The van der Waals surface area contributed by atoms with E-state index in [1.807, 2.05) is 74.5 Å². The van der Waals surface area contributed by atoms with Crippen LogP contribution in [0, 0.1) is 0 Å². The van der Waals surface area contributed by atoms with Gasteiger partial charge in [0.2, 0.25) is 0 Å². The summed E-state index contributed by atoms with van der Waals surface area (Å²) in [4.78, 5) is 4.05. The fourth-order valence-electron chi connectivity index (χ4n) is 7.02. The summed E-state index contributed by atoms with van der Waals surface area (Å²) in [7, 11) is -12.5. The van der Waals surface area contributed by atoms with Gasteiger partial charge in [0.05, 0.1) is 27.9 Å². The standard InChI is InChI=1S/C47H58N2O9S3/c1-5-9-31-48(41-17-15-19-43(35-41)60(53,54)57-33-11-7-3)39-27-23-37(24-28-39)47(45-21-13-14-22-46(45)59(50,51)52)38-25-29-40(30-26-38)49(32-10-6-2)42-18-16-20-44(36-42)61(55,56)58-34-12-8-4/h13-30,35-36,47H,5-12,31-34H2,1-4H3,(H,50,51,52). The first-order chi connectivity index (χ1) is 29.2. The molecule has 61 heavy (non-hydrogen) atoms. The van der Waals surface area contributed by atoms with Gasteiger partial charge in [-0.2, -0.15) is 25.3 Å². The molecular weight excluding hydrogens is 833 g/mol. The van der Waals surface area contributed by atoms with E-state index in [9.17, 15) is 29.8 Å². The molecule has 0 radical (unpaired) electrons. The third kappa shape index (κ3) is 12.5. The number of unbranched alkanes of at least 4 members (excludes halogenated alkanes) is 4. The molecule has 0 saturated carbocycles. The fourth-order valence-corrected chi connectivity index (χ4v) is 9.72. The molecule has 0 aromatic heterocycles. The van der Waals surface area contributed by atoms with Crippen molar-refractivity contribution < 1.29 is 38.2 Å². The maximum Gasteiger partial charge on any atom is 0.297 e. The molecule has 5 rings (SSSR count). The van der Waals surface area contributed by atoms with Crippen molar-refractivity contribution in [2.45, 2.75) is 99.7 Å². The Hall–Kier alpha value is -4.57. The van der Waals surface area contributed by atoms with Crippen LogP contribution in [0.5, 0.6) is 0 Å². The fraction of sp³-hybridized carbons (Fsp3) is 0.362. The summed E-state index contributed by atoms with van der Waals surface area (Å²) < 4.78 is 98.8. The largest absolute Gasteiger partial charge is 0.341 e. The van der Waals surface area contributed by atoms with Crippen molar-refractivity contribution in [3.05, 3.63) is 138 Å². The summed E-state index contributed by atoms with van der Waals surface area (Å²) in [5.41, 5.74) is 4.89. The van der Waals surface area contributed by atoms with Crippen molar-refractivity contribution in [1.82, 2.24) is 0 Å². The Morgan fingerprint density at radius 3 is 1.30 bits per heavy atom. The Balaban J connectivity index is 1.55. The minimum absolute atomic E-state index is 0.0759. The molecular formula is C47H58N2O9S3. The number of rotatable bonds is 24. The molecule has 0 fully saturated rings. The van der Waals surface area contributed by atoms with Crippen LogP contribution in [0.15, 0.2) is 136 Å². The van der Waals surface area contributed by atoms with Gasteiger partial charge in [-0.3, -0.25) is 12.9 Å². The highest BCUT2D eigenvalue weighted by atomic mass is 32.2. The first kappa shape index (κ1) is 47.5. The zero-order valence-corrected chi connectivity index (χ0v) is 37.9. The maximum atomic E-state index is 13.1. The number of anilines is 4. The van der Waals surface area contributed by atoms with Crippen LogP contribution in [-0.4, -0.2) is 56.1 Å². The molecule has 328 valence electrons. The lowest BCUT2D eigenvalue weighted by Gasteiger charge is -2.28. The van der Waals surface area contributed by atoms with Gasteiger partial charge < -0.3 is 9.80 Å². The predicted octanol–water partition coefficient (Wildman–Crippen LogP) is 11.0. The maximum absolute atomic E-state index is 13.1. The lowest BCUT2D eigenvalue weighted by molar-refractivity contribution is 0.310. The molecule has 0 saturated heterocycles. The minimum Gasteiger partial charge on any atom is -0.341 e. The summed E-state index contributed by atoms with van der Waals surface area (Å²) in [5, 5.41) is 0. The first-order valence-corrected chi connectivity index (χ1v) is 25.3. The van der Waals surface area contributed by atoms with Gasteiger partial charge in [-0.25, -0.2) is 0 Å². The molecule has 1 N–H and O–H groups in total. The molecule has 0 atom stereocenters. The molecule has 0 aliphatic rings. The molecule has 5 aromatic carbocycles. The Bertz CT molecular complexity index is 2370. The first-order valence-electron chi connectivity index (χ1n) is 21.0. The van der Waals surface area contributed by atoms with Gasteiger partial charge in [0.1, 0.15) is 0 Å². The molecule has 14 heteroatoms. The number of nitrogens with zero attached hydrogens (tertiary/aromatic N) is 2. The Kier molecular flexibility index (Phi) is 17.1. The lowest BCUT2D eigenvalue weighted by Crippen LogP contribution is -2.19. The van der Waals surface area contributed by atoms with Gasteiger partial charge in [-0.1, -0.05) is 108 Å². The third-order valence-corrected chi connectivity index (χ3v) is 13.9. The van der Waals surface area contributed by atoms with Crippen LogP contribution in [0.2, 0.25) is 0 Å². The van der Waals surface area contributed by atoms with Crippen LogP contribution < -0.4 is 9.80 Å². The normalized spacial score (nSPS) is 12.2. The predicted molar refractivity (Wildman–Crippen MR) is 243 cm³/mol. The smallest absolute Gasteiger partial charge is 0.297 e. The van der Waals surface area contributed by atoms with E-state index in [1.165, 1.54) is 18.2 Å². The molecule has 0 unspecified atom stereocenters. The van der Waals surface area contributed by atoms with Crippen molar-refractivity contribution in [2.75, 3.05) is 36.1 Å². The van der Waals surface area contributed by atoms with E-state index in [0.29, 0.717) is 42.9 Å². The third-order valence-electron chi connectivity index (χ3n) is 10.4. The number of hydrogen-bond acceptors (Lipinski definition) is 10. The van der Waals surface area contributed by atoms with E-state index in [2.05, 4.69) is 23.6 Å². The molecule has 0 bridgehead atoms. The van der Waals surface area contributed by atoms with E-state index in [4.69, 9.17) is 8.37 Å². The van der Waals surface area contributed by atoms with Crippen LogP contribution in [0.25, 0.3) is 0 Å². The summed E-state index contributed by atoms with van der Waals surface area (Å²) >= 11 is 0. The topological polar surface area (TPSA) is 148 Å². The Morgan fingerprint density at radius 1 is 0.492 bits per heavy atom. The Labute approximate surface area is 363 Å². The van der Waals surface area contributed by atoms with Crippen LogP contribution in [0.3, 0.4) is 0 Å². The van der Waals surface area contributed by atoms with Crippen molar-refractivity contribution >= 4 is 53.1 Å². The molecule has 0 aliphatic carbocycles. The molecule has 0 heterocycles. The molecule has 0 spiro atoms. The molecule has 0 amide bonds. The quantitative estimate of drug-likeness (QED) is 0.0273. The van der Waals surface area contributed by atoms with E-state index < -0.39 is 36.3 Å². The number of hydrogen-bond donors (Lipinski definition) is 1. The van der Waals surface area contributed by atoms with Crippen molar-refractivity contribution in [1.29, 1.82) is 0 Å². The Morgan fingerprint density at radius 2 is 0.902 bits per heavy atom. The average molecular weight is 891 g/mol. The molecule has 11 nitrogen and oxygen atoms in total. The van der Waals surface area contributed by atoms with Gasteiger partial charge in [-0.05, 0) is 109 Å². The van der Waals surface area contributed by atoms with Crippen molar-refractivity contribution in [2.24, 2.45) is 0 Å². The van der Waals surface area contributed by atoms with Crippen LogP contribution in [-0.2, 0) is 38.7 Å². The van der Waals surface area contributed by atoms with E-state index in [-0.39, 0.29) is 27.9 Å². The SMILES string of the molecule is CCCCOS(=O)(=O)c1cccc(N(CCCC)c2ccc(C(c3ccc(N(CCCC)c4cccc(S(=O)(=O)OCCCC)c4)cc3)c3ccccc3S(=O)(=O)O)cc2)c1. The van der Waals surface area contributed by atoms with Crippen LogP contribution in [0.1, 0.15) is 102 Å². The second-order valence-electron chi connectivity index (χ2n) is 14.9. The summed E-state index contributed by atoms with van der Waals surface area (Å²) in [6.45, 7) is 9.55. The lowest BCUT2D eigenvalue weighted by atomic mass is 9.85. The molecule has 0 aliphatic heterocycles. The highest BCUT2D eigenvalue weighted by Crippen LogP contribution is 2.39. The van der Waals surface area contributed by atoms with Gasteiger partial charge in [0.15, 0.2) is 0 Å². The summed E-state index contributed by atoms with van der Waals surface area (Å²) in [5.74, 6) is -0.628. The highest BCUT2D eigenvalue weighted by molar-refractivity contribution is 7.87. The van der Waals surface area contributed by atoms with E-state index in [0.717, 1.165) is 61.0 Å². The zero-order chi connectivity index (χ0) is 44.0. The highest BCUT2D eigenvalue weighted by Gasteiger charge is 2.26. The van der Waals surface area contributed by atoms with Crippen LogP contribution >= 0.6 is 0 Å². The van der Waals surface area contributed by atoms with Gasteiger partial charge in [-0.15, -0.1) is 0 Å². The van der Waals surface area contributed by atoms with Gasteiger partial charge >= 0.3 is 0 Å². The summed E-state index contributed by atoms with van der Waals surface area (Å²) in [6, 6.07) is 35.2. The van der Waals surface area contributed by atoms with Gasteiger partial charge in [0.25, 0.3) is 30.4 Å². The van der Waals surface area contributed by atoms with E-state index >= 15 is 0 Å². The van der Waals surface area contributed by atoms with Crippen molar-refractivity contribution in [3.63, 3.8) is 0 Å². The second-order valence-corrected chi connectivity index (χ2v) is 19.5. The second kappa shape index (κ2) is 22.0.